The van der Waals surface area contributed by atoms with Gasteiger partial charge in [0, 0.05) is 215 Å². The van der Waals surface area contributed by atoms with E-state index in [9.17, 15) is 44.4 Å². The average molecular weight is 2000 g/mol. The van der Waals surface area contributed by atoms with Crippen LogP contribution < -0.4 is 52.1 Å². The minimum atomic E-state index is -0.833. The maximum absolute atomic E-state index is 12.3. The number of aliphatic hydroxyl groups is 4. The quantitative estimate of drug-likeness (QED) is 0.0356. The van der Waals surface area contributed by atoms with E-state index in [1.165, 1.54) is 70.0 Å². The number of allylic oxidation sites excluding steroid dienone is 1. The number of anilines is 1. The summed E-state index contributed by atoms with van der Waals surface area (Å²) < 4.78 is 54.5. The fraction of sp³-hybridized carbons (Fsp3) is 0.717. The van der Waals surface area contributed by atoms with Gasteiger partial charge in [0.05, 0.1) is 143 Å². The third kappa shape index (κ3) is 45.3. The number of carbonyl (C=O) groups is 6. The molecule has 12 fully saturated rings. The minimum absolute atomic E-state index is 0. The second-order valence-corrected chi connectivity index (χ2v) is 34.2. The molecule has 4 aromatic heterocycles. The molecule has 139 heavy (non-hydrogen) atoms. The maximum Gasteiger partial charge on any atom is 1.00 e. The van der Waals surface area contributed by atoms with Gasteiger partial charge in [0.2, 0.25) is 0 Å². The number of nitrogens with zero attached hydrogens (tertiary/aromatic N) is 9. The number of hydrogen-bond acceptors (Lipinski definition) is 33. The van der Waals surface area contributed by atoms with Crippen LogP contribution in [-0.2, 0) is 66.5 Å². The van der Waals surface area contributed by atoms with Crippen LogP contribution in [0.4, 0.5) is 5.69 Å². The van der Waals surface area contributed by atoms with E-state index in [2.05, 4.69) is 59.8 Å². The second kappa shape index (κ2) is 73.2. The Morgan fingerprint density at radius 2 is 0.986 bits per heavy atom. The number of hydrogen-bond donors (Lipinski definition) is 11. The number of halogens is 2. The molecule has 14 N–H and O–H groups in total. The van der Waals surface area contributed by atoms with Crippen LogP contribution in [0.2, 0.25) is 5.02 Å². The van der Waals surface area contributed by atoms with E-state index < -0.39 is 41.7 Å². The monoisotopic (exact) mass is 2000 g/mol. The van der Waals surface area contributed by atoms with Gasteiger partial charge in [0.1, 0.15) is 40.1 Å². The largest absolute Gasteiger partial charge is 1.00 e. The first kappa shape index (κ1) is 137. The predicted octanol–water partition coefficient (Wildman–Crippen LogP) is 13.1. The number of alkyl halides is 1. The van der Waals surface area contributed by atoms with E-state index in [0.717, 1.165) is 95.1 Å². The zero-order valence-electron chi connectivity index (χ0n) is 77.8. The molecule has 3 radical (unpaired) electrons. The van der Waals surface area contributed by atoms with Crippen LogP contribution in [0.3, 0.4) is 0 Å². The number of aliphatic carboxylic acids is 1. The molecule has 6 saturated carbocycles. The number of likely N-dealkylation sites (tertiary alicyclic amines) is 1. The first-order valence-corrected chi connectivity index (χ1v) is 46.1. The molecule has 0 bridgehead atoms. The standard InChI is InChI=1S/C18H22N4O3.C12H19NO2.C10H9ClN2O2.C10H15NO3.C10H13NO3.C8H14N2O.C8H11NO2.C8H12O3.C4H9N.C2H2ClN.C2H4O2.7CH4.B.H3N.Na.H/c1-2-25-18(24)14-10-21-17-13(6-8-20-17)16(14)22-12-3-4-15(23)11(9-12)5-7-19;1-2-8-13(7-1)11-3-5-12(6-4-11)14-9-10-15-12;1-2-15-10(14)7-5-13-9-6(8(7)11)3-4-12-9;2*11-4-2-8-7-10(3-1-9(8)12)13-5-6-14-10;2*9-4-3-6-5-7(10)1-2-8(6)11;9-7-1-3-8(4-2-7)10-5-6-11-8;1-2-4-5-3-1;3-1-2-4;1-2(3)4;;;;;;;;;;;/h6,8,10-12,15,23H,2-5,9H2,1H3,(H2,20,21,22);3H,1-2,4-10H2;3-5H,2H2,1H3,(H,12,13);8-9,12H,1-3,5-7H2;8H,1-3,5-7H2;6-8,11H,1-3,5,10H2;6,8,11H,1-3,5H2;1-6H2;5H,1-4H2;1H2;1H3,(H,3,4);7*1H4;;1H3;;/q;;;;;;;;;;;;;;;;;;;;+1;-1. The van der Waals surface area contributed by atoms with Crippen LogP contribution in [0, 0.1) is 97.6 Å². The summed E-state index contributed by atoms with van der Waals surface area (Å²) in [6, 6.07) is 16.0. The van der Waals surface area contributed by atoms with Crippen LogP contribution in [-0.4, -0.2) is 252 Å². The number of aromatic amines is 2. The predicted molar refractivity (Wildman–Crippen MR) is 532 cm³/mol. The van der Waals surface area contributed by atoms with Crippen LogP contribution in [0.15, 0.2) is 48.7 Å². The zero-order valence-corrected chi connectivity index (χ0v) is 80.3. The molecule has 777 valence electrons. The molecule has 0 amide bonds. The molecule has 4 spiro atoms. The summed E-state index contributed by atoms with van der Waals surface area (Å²) in [5.74, 6) is -2.77. The van der Waals surface area contributed by atoms with Gasteiger partial charge >= 0.3 is 41.5 Å². The van der Waals surface area contributed by atoms with Gasteiger partial charge in [-0.2, -0.15) is 31.6 Å². The van der Waals surface area contributed by atoms with Gasteiger partial charge in [-0.1, -0.05) is 69.7 Å². The van der Waals surface area contributed by atoms with E-state index in [4.69, 9.17) is 118 Å². The fourth-order valence-electron chi connectivity index (χ4n) is 17.5. The minimum Gasteiger partial charge on any atom is -1.00 e. The Bertz CT molecular complexity index is 4450. The number of carboxylic acids is 1. The van der Waals surface area contributed by atoms with Gasteiger partial charge in [-0.3, -0.25) is 19.2 Å². The molecule has 10 heterocycles. The number of aromatic nitrogens is 4. The normalized spacial score (nSPS) is 24.2. The van der Waals surface area contributed by atoms with Crippen LogP contribution in [0.1, 0.15) is 294 Å². The molecular weight excluding hydrogens is 1840 g/mol. The van der Waals surface area contributed by atoms with Crippen molar-refractivity contribution in [3.05, 3.63) is 64.8 Å². The molecule has 36 nitrogen and oxygen atoms in total. The molecule has 7 aliphatic carbocycles. The molecule has 6 saturated heterocycles. The number of fused-ring (bicyclic) bond motifs is 2. The molecule has 0 aromatic carbocycles. The Balaban J connectivity index is -0.000000487. The van der Waals surface area contributed by atoms with E-state index in [0.29, 0.717) is 195 Å². The Morgan fingerprint density at radius 3 is 1.47 bits per heavy atom. The molecule has 40 heteroatoms. The summed E-state index contributed by atoms with van der Waals surface area (Å²) >= 11 is 10.9. The Kier molecular flexibility index (Phi) is 72.4. The number of ketones is 3. The van der Waals surface area contributed by atoms with Crippen molar-refractivity contribution in [2.75, 3.05) is 103 Å². The third-order valence-electron chi connectivity index (χ3n) is 24.3. The van der Waals surface area contributed by atoms with Gasteiger partial charge in [0.25, 0.3) is 5.97 Å². The number of carbonyl (C=O) groups excluding carboxylic acids is 5. The van der Waals surface area contributed by atoms with Crippen molar-refractivity contribution in [3.8, 4) is 36.4 Å². The molecule has 13 aliphatic rings. The van der Waals surface area contributed by atoms with Crippen LogP contribution in [0.5, 0.6) is 0 Å². The van der Waals surface area contributed by atoms with E-state index in [1.807, 2.05) is 18.2 Å². The molecule has 4 aromatic rings. The number of esters is 2. The summed E-state index contributed by atoms with van der Waals surface area (Å²) in [4.78, 5) is 82.8. The van der Waals surface area contributed by atoms with Gasteiger partial charge in [-0.15, -0.1) is 11.6 Å². The number of ether oxygens (including phenoxy) is 10. The summed E-state index contributed by atoms with van der Waals surface area (Å²) in [7, 11) is 0. The number of pyridine rings is 2. The van der Waals surface area contributed by atoms with Crippen molar-refractivity contribution in [2.45, 2.75) is 331 Å². The molecular formula is C99H162BCl2N15NaO21. The van der Waals surface area contributed by atoms with E-state index in [-0.39, 0.29) is 187 Å². The molecule has 17 rings (SSSR count). The van der Waals surface area contributed by atoms with Gasteiger partial charge in [-0.05, 0) is 134 Å². The maximum atomic E-state index is 12.3. The van der Waals surface area contributed by atoms with E-state index in [1.54, 1.807) is 38.4 Å². The first-order chi connectivity index (χ1) is 62.2. The van der Waals surface area contributed by atoms with Gasteiger partial charge in [0.15, 0.2) is 23.1 Å². The van der Waals surface area contributed by atoms with Gasteiger partial charge < -0.3 is 112 Å². The number of Topliss-reactive ketones (excluding diaryl/α,β-unsaturated/α-hetero) is 3. The summed E-state index contributed by atoms with van der Waals surface area (Å²) in [6.07, 6.45) is 30.0. The fourth-order valence-corrected chi connectivity index (χ4v) is 17.7. The zero-order chi connectivity index (χ0) is 93.6. The van der Waals surface area contributed by atoms with Crippen molar-refractivity contribution in [1.82, 2.24) is 36.3 Å². The van der Waals surface area contributed by atoms with Crippen LogP contribution in [0.25, 0.3) is 22.1 Å². The SMILES string of the molecule is C.C.C.C.C.C.C.C1=C(N2CCCC2)CCC2(C1)OCCO2.C1CCNC1.CC(=O)O.CCOC(=O)c1cnc2[nH]ccc2c1Cl.CCOC(=O)c1cnc2[nH]ccc2c1NC1CCC(O)C(CC#N)C1.N.N#CCC1CC(=O)CCC1O.N#CCC1CC(N)CCC1O.N#CCC1CC2(CCC1=O)OCCO2.N#CCC1CC2(CCC1O)OCCO2.N#CCCl.O=C1CCC2(CC1)OCCO2.[B].[H-].[Na+]. The number of nitrogens with one attached hydrogen (secondary N) is 4. The Morgan fingerprint density at radius 1 is 0.554 bits per heavy atom. The molecule has 11 unspecified atom stereocenters. The first-order valence-electron chi connectivity index (χ1n) is 45.2. The smallest absolute Gasteiger partial charge is 1.00 e. The summed E-state index contributed by atoms with van der Waals surface area (Å²) in [5, 5.41) is 105. The van der Waals surface area contributed by atoms with Crippen molar-refractivity contribution < 1.29 is 133 Å². The Hall–Kier alpha value is -7.88. The average Bonchev–Trinajstić information content (AvgIpc) is 1.52. The topological polar surface area (TPSA) is 584 Å². The number of nitrogens with two attached hydrogens (primary N) is 1. The van der Waals surface area contributed by atoms with Crippen LogP contribution >= 0.6 is 23.2 Å². The molecule has 11 atom stereocenters. The second-order valence-electron chi connectivity index (χ2n) is 33.5. The van der Waals surface area contributed by atoms with Crippen molar-refractivity contribution in [1.29, 1.82) is 31.6 Å². The number of aliphatic hydroxyl groups excluding tert-OH is 4. The number of rotatable bonds is 12. The summed E-state index contributed by atoms with van der Waals surface area (Å²) in [5.41, 5.74) is 9.97. The number of H-pyrrole nitrogens is 2. The number of carboxylic acid groups (broad SMARTS) is 1. The Labute approximate surface area is 861 Å². The van der Waals surface area contributed by atoms with Gasteiger partial charge in [-0.25, -0.2) is 19.6 Å². The summed E-state index contributed by atoms with van der Waals surface area (Å²) in [6.45, 7) is 15.6. The molecule has 6 aliphatic heterocycles. The number of nitriles is 6. The van der Waals surface area contributed by atoms with E-state index >= 15 is 0 Å². The third-order valence-corrected chi connectivity index (χ3v) is 24.9. The van der Waals surface area contributed by atoms with Crippen molar-refractivity contribution >= 4 is 94.6 Å². The van der Waals surface area contributed by atoms with Crippen molar-refractivity contribution in [3.63, 3.8) is 0 Å². The van der Waals surface area contributed by atoms with Crippen molar-refractivity contribution in [2.24, 2.45) is 35.3 Å².